The second kappa shape index (κ2) is 8.50. The minimum Gasteiger partial charge on any atom is -0.497 e. The number of carbonyl (C=O) groups is 1. The molecule has 5 heteroatoms. The van der Waals surface area contributed by atoms with Crippen LogP contribution in [0.5, 0.6) is 11.5 Å². The molecule has 1 unspecified atom stereocenters. The molecule has 1 atom stereocenters. The van der Waals surface area contributed by atoms with Crippen molar-refractivity contribution in [2.75, 3.05) is 20.8 Å². The number of carbonyl (C=O) groups excluding carboxylic acids is 1. The molecule has 0 heterocycles. The van der Waals surface area contributed by atoms with Gasteiger partial charge in [-0.3, -0.25) is 4.79 Å². The van der Waals surface area contributed by atoms with E-state index in [1.54, 1.807) is 45.4 Å². The van der Waals surface area contributed by atoms with E-state index in [0.717, 1.165) is 5.75 Å². The Morgan fingerprint density at radius 3 is 2.37 bits per heavy atom. The number of hydrogen-bond acceptors (Lipinski definition) is 5. The molecule has 0 radical (unpaired) electrons. The Morgan fingerprint density at radius 1 is 1.16 bits per heavy atom. The number of hydrogen-bond donors (Lipinski definition) is 0. The highest BCUT2D eigenvalue weighted by molar-refractivity contribution is 5.72. The summed E-state index contributed by atoms with van der Waals surface area (Å²) in [5.74, 6) is 0.956. The predicted octanol–water partition coefficient (Wildman–Crippen LogP) is 2.39. The third-order valence-electron chi connectivity index (χ3n) is 2.50. The molecule has 0 aliphatic carbocycles. The van der Waals surface area contributed by atoms with Gasteiger partial charge >= 0.3 is 5.97 Å². The van der Waals surface area contributed by atoms with Gasteiger partial charge in [0, 0.05) is 13.5 Å². The van der Waals surface area contributed by atoms with Crippen molar-refractivity contribution >= 4 is 5.97 Å². The summed E-state index contributed by atoms with van der Waals surface area (Å²) >= 11 is 0. The predicted molar refractivity (Wildman–Crippen MR) is 70.3 cm³/mol. The van der Waals surface area contributed by atoms with Crippen LogP contribution in [0.1, 0.15) is 19.8 Å². The molecule has 1 aromatic rings. The van der Waals surface area contributed by atoms with Gasteiger partial charge in [-0.05, 0) is 37.6 Å². The fraction of sp³-hybridized carbons (Fsp3) is 0.500. The van der Waals surface area contributed by atoms with Gasteiger partial charge in [0.25, 0.3) is 0 Å². The maximum Gasteiger partial charge on any atom is 0.311 e. The lowest BCUT2D eigenvalue weighted by Crippen LogP contribution is -2.13. The van der Waals surface area contributed by atoms with Crippen LogP contribution >= 0.6 is 0 Å². The average Bonchev–Trinajstić information content (AvgIpc) is 2.44. The second-order valence-corrected chi connectivity index (χ2v) is 3.93. The van der Waals surface area contributed by atoms with Gasteiger partial charge in [0.2, 0.25) is 0 Å². The number of ether oxygens (including phenoxy) is 4. The number of esters is 1. The summed E-state index contributed by atoms with van der Waals surface area (Å²) in [6, 6.07) is 6.87. The SMILES string of the molecule is COc1ccc(OC(=O)CCCOC(C)OC)cc1. The van der Waals surface area contributed by atoms with Gasteiger partial charge in [-0.1, -0.05) is 0 Å². The largest absolute Gasteiger partial charge is 0.497 e. The van der Waals surface area contributed by atoms with Crippen molar-refractivity contribution in [3.8, 4) is 11.5 Å². The van der Waals surface area contributed by atoms with E-state index in [1.807, 2.05) is 0 Å². The number of methoxy groups -OCH3 is 2. The summed E-state index contributed by atoms with van der Waals surface area (Å²) in [5, 5.41) is 0. The van der Waals surface area contributed by atoms with Crippen LogP contribution in [0.25, 0.3) is 0 Å². The molecule has 0 saturated heterocycles. The first-order valence-corrected chi connectivity index (χ1v) is 6.15. The van der Waals surface area contributed by atoms with Crippen molar-refractivity contribution in [1.29, 1.82) is 0 Å². The first-order valence-electron chi connectivity index (χ1n) is 6.15. The van der Waals surface area contributed by atoms with Crippen LogP contribution in [-0.2, 0) is 14.3 Å². The van der Waals surface area contributed by atoms with Crippen molar-refractivity contribution in [2.24, 2.45) is 0 Å². The Bertz CT molecular complexity index is 374. The Morgan fingerprint density at radius 2 is 1.79 bits per heavy atom. The number of benzene rings is 1. The van der Waals surface area contributed by atoms with Crippen molar-refractivity contribution in [3.05, 3.63) is 24.3 Å². The quantitative estimate of drug-likeness (QED) is 0.313. The Labute approximate surface area is 113 Å². The molecule has 0 aromatic heterocycles. The minimum absolute atomic E-state index is 0.252. The summed E-state index contributed by atoms with van der Waals surface area (Å²) in [7, 11) is 3.16. The molecule has 19 heavy (non-hydrogen) atoms. The summed E-state index contributed by atoms with van der Waals surface area (Å²) in [6.07, 6.45) is 0.656. The Balaban J connectivity index is 2.23. The Kier molecular flexibility index (Phi) is 6.92. The molecular formula is C14H20O5. The van der Waals surface area contributed by atoms with E-state index < -0.39 is 0 Å². The van der Waals surface area contributed by atoms with Crippen LogP contribution in [0.4, 0.5) is 0 Å². The van der Waals surface area contributed by atoms with Crippen LogP contribution in [0, 0.1) is 0 Å². The van der Waals surface area contributed by atoms with Crippen molar-refractivity contribution in [2.45, 2.75) is 26.1 Å². The van der Waals surface area contributed by atoms with Gasteiger partial charge < -0.3 is 18.9 Å². The van der Waals surface area contributed by atoms with Crippen LogP contribution in [0.2, 0.25) is 0 Å². The van der Waals surface area contributed by atoms with Gasteiger partial charge in [0.15, 0.2) is 6.29 Å². The van der Waals surface area contributed by atoms with Gasteiger partial charge in [-0.25, -0.2) is 0 Å². The van der Waals surface area contributed by atoms with Crippen LogP contribution in [0.3, 0.4) is 0 Å². The maximum atomic E-state index is 11.5. The van der Waals surface area contributed by atoms with Crippen LogP contribution in [-0.4, -0.2) is 33.1 Å². The molecule has 0 bridgehead atoms. The van der Waals surface area contributed by atoms with E-state index >= 15 is 0 Å². The van der Waals surface area contributed by atoms with E-state index in [4.69, 9.17) is 18.9 Å². The smallest absolute Gasteiger partial charge is 0.311 e. The van der Waals surface area contributed by atoms with Crippen LogP contribution < -0.4 is 9.47 Å². The maximum absolute atomic E-state index is 11.5. The summed E-state index contributed by atoms with van der Waals surface area (Å²) < 4.78 is 20.4. The first-order chi connectivity index (χ1) is 9.15. The third kappa shape index (κ3) is 6.22. The van der Waals surface area contributed by atoms with Crippen molar-refractivity contribution in [1.82, 2.24) is 0 Å². The van der Waals surface area contributed by atoms with E-state index in [2.05, 4.69) is 0 Å². The van der Waals surface area contributed by atoms with Crippen LogP contribution in [0.15, 0.2) is 24.3 Å². The van der Waals surface area contributed by atoms with Gasteiger partial charge in [0.1, 0.15) is 11.5 Å². The molecule has 1 rings (SSSR count). The minimum atomic E-state index is -0.279. The first kappa shape index (κ1) is 15.5. The molecule has 0 fully saturated rings. The lowest BCUT2D eigenvalue weighted by Gasteiger charge is -2.10. The normalized spacial score (nSPS) is 11.9. The molecule has 0 aliphatic rings. The van der Waals surface area contributed by atoms with E-state index in [0.29, 0.717) is 25.2 Å². The molecule has 5 nitrogen and oxygen atoms in total. The molecule has 0 aliphatic heterocycles. The zero-order valence-electron chi connectivity index (χ0n) is 11.5. The van der Waals surface area contributed by atoms with E-state index in [1.165, 1.54) is 0 Å². The average molecular weight is 268 g/mol. The number of rotatable bonds is 8. The second-order valence-electron chi connectivity index (χ2n) is 3.93. The van der Waals surface area contributed by atoms with E-state index in [-0.39, 0.29) is 12.3 Å². The zero-order chi connectivity index (χ0) is 14.1. The lowest BCUT2D eigenvalue weighted by molar-refractivity contribution is -0.136. The highest BCUT2D eigenvalue weighted by Gasteiger charge is 2.06. The van der Waals surface area contributed by atoms with Crippen molar-refractivity contribution < 1.29 is 23.7 Å². The highest BCUT2D eigenvalue weighted by atomic mass is 16.7. The molecule has 0 spiro atoms. The summed E-state index contributed by atoms with van der Waals surface area (Å²) in [5.41, 5.74) is 0. The molecule has 0 saturated carbocycles. The monoisotopic (exact) mass is 268 g/mol. The topological polar surface area (TPSA) is 54.0 Å². The molecule has 1 aromatic carbocycles. The molecule has 106 valence electrons. The Hall–Kier alpha value is -1.59. The third-order valence-corrected chi connectivity index (χ3v) is 2.50. The zero-order valence-corrected chi connectivity index (χ0v) is 11.5. The summed E-state index contributed by atoms with van der Waals surface area (Å²) in [4.78, 5) is 11.5. The summed E-state index contributed by atoms with van der Waals surface area (Å²) in [6.45, 7) is 2.27. The fourth-order valence-corrected chi connectivity index (χ4v) is 1.36. The molecule has 0 amide bonds. The van der Waals surface area contributed by atoms with Gasteiger partial charge in [-0.2, -0.15) is 0 Å². The van der Waals surface area contributed by atoms with Crippen molar-refractivity contribution in [3.63, 3.8) is 0 Å². The standard InChI is InChI=1S/C14H20O5/c1-11(16-2)18-10-4-5-14(15)19-13-8-6-12(17-3)7-9-13/h6-9,11H,4-5,10H2,1-3H3. The van der Waals surface area contributed by atoms with E-state index in [9.17, 15) is 4.79 Å². The lowest BCUT2D eigenvalue weighted by atomic mass is 10.3. The molecular weight excluding hydrogens is 248 g/mol. The molecule has 0 N–H and O–H groups in total. The van der Waals surface area contributed by atoms with Gasteiger partial charge in [0.05, 0.1) is 13.7 Å². The van der Waals surface area contributed by atoms with Gasteiger partial charge in [-0.15, -0.1) is 0 Å². The highest BCUT2D eigenvalue weighted by Crippen LogP contribution is 2.17. The fourth-order valence-electron chi connectivity index (χ4n) is 1.36.